The van der Waals surface area contributed by atoms with Crippen LogP contribution in [0.15, 0.2) is 39.5 Å². The highest BCUT2D eigenvalue weighted by Gasteiger charge is 2.24. The Hall–Kier alpha value is -3.95. The van der Waals surface area contributed by atoms with Crippen molar-refractivity contribution < 1.29 is 13.6 Å². The van der Waals surface area contributed by atoms with E-state index in [4.69, 9.17) is 13.8 Å². The summed E-state index contributed by atoms with van der Waals surface area (Å²) in [6.45, 7) is 5.54. The van der Waals surface area contributed by atoms with Gasteiger partial charge in [-0.15, -0.1) is 0 Å². The van der Waals surface area contributed by atoms with Crippen LogP contribution < -0.4 is 15.1 Å². The highest BCUT2D eigenvalue weighted by Crippen LogP contribution is 2.33. The van der Waals surface area contributed by atoms with Gasteiger partial charge >= 0.3 is 0 Å². The van der Waals surface area contributed by atoms with Crippen LogP contribution in [0.3, 0.4) is 0 Å². The fraction of sp³-hybridized carbons (Fsp3) is 0.423. The predicted molar refractivity (Wildman–Crippen MR) is 136 cm³/mol. The molecule has 4 aromatic heterocycles. The first-order valence-corrected chi connectivity index (χ1v) is 12.7. The minimum Gasteiger partial charge on any atom is -0.444 e. The van der Waals surface area contributed by atoms with Crippen LogP contribution in [0.5, 0.6) is 0 Å². The van der Waals surface area contributed by atoms with Gasteiger partial charge in [0.25, 0.3) is 11.9 Å². The average Bonchev–Trinajstić information content (AvgIpc) is 3.57. The van der Waals surface area contributed by atoms with Crippen molar-refractivity contribution >= 4 is 34.7 Å². The molecule has 2 fully saturated rings. The monoisotopic (exact) mass is 487 g/mol. The summed E-state index contributed by atoms with van der Waals surface area (Å²) < 4.78 is 11.7. The molecular weight excluding hydrogens is 458 g/mol. The third-order valence-electron chi connectivity index (χ3n) is 6.78. The number of nitrogens with zero attached hydrogens (tertiary/aromatic N) is 6. The van der Waals surface area contributed by atoms with E-state index in [1.54, 1.807) is 6.20 Å². The largest absolute Gasteiger partial charge is 0.444 e. The summed E-state index contributed by atoms with van der Waals surface area (Å²) >= 11 is 0. The van der Waals surface area contributed by atoms with Crippen LogP contribution in [0.4, 0.5) is 17.5 Å². The summed E-state index contributed by atoms with van der Waals surface area (Å²) in [7, 11) is 0. The molecule has 0 radical (unpaired) electrons. The Bertz CT molecular complexity index is 1370. The number of carbonyl (C=O) groups is 1. The van der Waals surface area contributed by atoms with Crippen LogP contribution in [0.25, 0.3) is 22.7 Å². The van der Waals surface area contributed by atoms with Crippen molar-refractivity contribution in [2.24, 2.45) is 0 Å². The second kappa shape index (κ2) is 9.60. The quantitative estimate of drug-likeness (QED) is 0.423. The topological polar surface area (TPSA) is 113 Å². The second-order valence-electron chi connectivity index (χ2n) is 9.45. The molecular formula is C26H29N7O3. The molecule has 0 aromatic carbocycles. The van der Waals surface area contributed by atoms with Crippen LogP contribution in [-0.4, -0.2) is 52.0 Å². The molecule has 2 saturated heterocycles. The predicted octanol–water partition coefficient (Wildman–Crippen LogP) is 4.81. The van der Waals surface area contributed by atoms with E-state index in [9.17, 15) is 4.79 Å². The number of piperidine rings is 2. The zero-order chi connectivity index (χ0) is 24.5. The molecule has 0 aliphatic carbocycles. The summed E-state index contributed by atoms with van der Waals surface area (Å²) in [5.74, 6) is 0.680. The Kier molecular flexibility index (Phi) is 6.00. The molecule has 10 nitrogen and oxygen atoms in total. The maximum Gasteiger partial charge on any atom is 0.299 e. The Morgan fingerprint density at radius 1 is 0.944 bits per heavy atom. The van der Waals surface area contributed by atoms with Gasteiger partial charge in [0.05, 0.1) is 11.3 Å². The lowest BCUT2D eigenvalue weighted by Crippen LogP contribution is -2.31. The smallest absolute Gasteiger partial charge is 0.299 e. The molecule has 1 N–H and O–H groups in total. The average molecular weight is 488 g/mol. The van der Waals surface area contributed by atoms with Crippen molar-refractivity contribution in [1.29, 1.82) is 0 Å². The van der Waals surface area contributed by atoms with Crippen molar-refractivity contribution in [3.63, 3.8) is 0 Å². The summed E-state index contributed by atoms with van der Waals surface area (Å²) in [6.07, 6.45) is 9.90. The number of carbonyl (C=O) groups excluding carboxylic acids is 1. The Balaban J connectivity index is 1.31. The molecule has 1 amide bonds. The van der Waals surface area contributed by atoms with Crippen molar-refractivity contribution in [2.45, 2.75) is 45.4 Å². The SMILES string of the molecule is Cc1ccc(-c2nc(C(=O)Nc3cc4oc(N5CCCCC5)nc4nc3N3CCCCC3)co2)cn1. The third kappa shape index (κ3) is 4.50. The minimum atomic E-state index is -0.375. The van der Waals surface area contributed by atoms with E-state index in [0.29, 0.717) is 40.2 Å². The van der Waals surface area contributed by atoms with Gasteiger partial charge in [0.2, 0.25) is 11.5 Å². The van der Waals surface area contributed by atoms with Crippen molar-refractivity contribution in [3.05, 3.63) is 42.0 Å². The zero-order valence-electron chi connectivity index (χ0n) is 20.4. The van der Waals surface area contributed by atoms with E-state index in [-0.39, 0.29) is 11.6 Å². The van der Waals surface area contributed by atoms with Gasteiger partial charge in [-0.2, -0.15) is 4.98 Å². The van der Waals surface area contributed by atoms with Gasteiger partial charge in [0.1, 0.15) is 6.26 Å². The van der Waals surface area contributed by atoms with Gasteiger partial charge in [-0.05, 0) is 57.6 Å². The molecule has 0 saturated carbocycles. The Morgan fingerprint density at radius 2 is 1.69 bits per heavy atom. The minimum absolute atomic E-state index is 0.182. The molecule has 10 heteroatoms. The van der Waals surface area contributed by atoms with E-state index >= 15 is 0 Å². The fourth-order valence-electron chi connectivity index (χ4n) is 4.79. The van der Waals surface area contributed by atoms with Gasteiger partial charge in [-0.3, -0.25) is 9.78 Å². The molecule has 186 valence electrons. The summed E-state index contributed by atoms with van der Waals surface area (Å²) in [4.78, 5) is 35.8. The van der Waals surface area contributed by atoms with Crippen LogP contribution in [0.2, 0.25) is 0 Å². The van der Waals surface area contributed by atoms with Gasteiger partial charge in [0.15, 0.2) is 17.1 Å². The van der Waals surface area contributed by atoms with E-state index in [0.717, 1.165) is 57.6 Å². The van der Waals surface area contributed by atoms with Gasteiger partial charge < -0.3 is 24.0 Å². The van der Waals surface area contributed by atoms with Crippen LogP contribution in [-0.2, 0) is 0 Å². The first-order valence-electron chi connectivity index (χ1n) is 12.7. The van der Waals surface area contributed by atoms with E-state index < -0.39 is 0 Å². The summed E-state index contributed by atoms with van der Waals surface area (Å²) in [6, 6.07) is 6.17. The number of hydrogen-bond donors (Lipinski definition) is 1. The molecule has 0 spiro atoms. The number of amides is 1. The number of rotatable bonds is 5. The summed E-state index contributed by atoms with van der Waals surface area (Å²) in [5, 5.41) is 3.00. The number of fused-ring (bicyclic) bond motifs is 1. The normalized spacial score (nSPS) is 16.5. The lowest BCUT2D eigenvalue weighted by molar-refractivity contribution is 0.102. The molecule has 6 heterocycles. The maximum atomic E-state index is 13.2. The van der Waals surface area contributed by atoms with Gasteiger partial charge in [-0.1, -0.05) is 0 Å². The maximum absolute atomic E-state index is 13.2. The molecule has 0 bridgehead atoms. The Morgan fingerprint density at radius 3 is 2.42 bits per heavy atom. The van der Waals surface area contributed by atoms with Gasteiger partial charge in [-0.25, -0.2) is 9.97 Å². The van der Waals surface area contributed by atoms with E-state index in [2.05, 4.69) is 30.1 Å². The number of pyridine rings is 2. The fourth-order valence-corrected chi connectivity index (χ4v) is 4.79. The van der Waals surface area contributed by atoms with Gasteiger partial charge in [0, 0.05) is 44.1 Å². The zero-order valence-corrected chi connectivity index (χ0v) is 20.4. The first kappa shape index (κ1) is 22.5. The number of anilines is 3. The third-order valence-corrected chi connectivity index (χ3v) is 6.78. The highest BCUT2D eigenvalue weighted by molar-refractivity contribution is 6.05. The molecule has 2 aliphatic heterocycles. The van der Waals surface area contributed by atoms with Crippen LogP contribution >= 0.6 is 0 Å². The standard InChI is InChI=1S/C26H29N7O3/c1-17-8-9-18(15-27-17)25-29-20(16-35-25)24(34)28-19-14-21-22(30-23(19)32-10-4-2-5-11-32)31-26(36-21)33-12-6-3-7-13-33/h8-9,14-16H,2-7,10-13H2,1H3,(H,28,34). The number of aryl methyl sites for hydroxylation is 1. The second-order valence-corrected chi connectivity index (χ2v) is 9.45. The molecule has 0 unspecified atom stereocenters. The number of nitrogens with one attached hydrogen (secondary N) is 1. The van der Waals surface area contributed by atoms with Crippen molar-refractivity contribution in [1.82, 2.24) is 19.9 Å². The lowest BCUT2D eigenvalue weighted by atomic mass is 10.1. The van der Waals surface area contributed by atoms with E-state index in [1.807, 2.05) is 25.1 Å². The molecule has 36 heavy (non-hydrogen) atoms. The van der Waals surface area contributed by atoms with Crippen LogP contribution in [0, 0.1) is 6.92 Å². The van der Waals surface area contributed by atoms with E-state index in [1.165, 1.54) is 19.1 Å². The summed E-state index contributed by atoms with van der Waals surface area (Å²) in [5.41, 5.74) is 3.48. The molecule has 6 rings (SSSR count). The van der Waals surface area contributed by atoms with Crippen molar-refractivity contribution in [3.8, 4) is 11.5 Å². The number of oxazole rings is 2. The number of hydrogen-bond acceptors (Lipinski definition) is 9. The highest BCUT2D eigenvalue weighted by atomic mass is 16.4. The molecule has 2 aliphatic rings. The van der Waals surface area contributed by atoms with Crippen LogP contribution in [0.1, 0.15) is 54.7 Å². The molecule has 0 atom stereocenters. The molecule has 4 aromatic rings. The van der Waals surface area contributed by atoms with Crippen molar-refractivity contribution in [2.75, 3.05) is 41.3 Å². The first-order chi connectivity index (χ1) is 17.6. The number of aromatic nitrogens is 4. The Labute approximate surface area is 208 Å². The lowest BCUT2D eigenvalue weighted by Gasteiger charge is -2.29.